The number of aldehydes is 1. The average Bonchev–Trinajstić information content (AvgIpc) is 3.74. The Hall–Kier alpha value is -1.43. The van der Waals surface area contributed by atoms with E-state index in [0.29, 0.717) is 32.1 Å². The van der Waals surface area contributed by atoms with E-state index in [1.54, 1.807) is 0 Å². The van der Waals surface area contributed by atoms with E-state index in [2.05, 4.69) is 33.8 Å². The smallest absolute Gasteiger partial charge is 0.187 e. The number of hydrogen-bond acceptors (Lipinski definition) is 22. The van der Waals surface area contributed by atoms with Gasteiger partial charge in [0.15, 0.2) is 25.2 Å². The van der Waals surface area contributed by atoms with Crippen molar-refractivity contribution in [1.82, 2.24) is 0 Å². The van der Waals surface area contributed by atoms with E-state index >= 15 is 0 Å². The summed E-state index contributed by atoms with van der Waals surface area (Å²) in [5, 5.41) is 139. The van der Waals surface area contributed by atoms with Gasteiger partial charge < -0.3 is 109 Å². The van der Waals surface area contributed by atoms with Crippen LogP contribution in [0.3, 0.4) is 0 Å². The maximum Gasteiger partial charge on any atom is 0.187 e. The van der Waals surface area contributed by atoms with Crippen molar-refractivity contribution in [3.63, 3.8) is 0 Å². The van der Waals surface area contributed by atoms with Gasteiger partial charge in [-0.3, -0.25) is 0 Å². The minimum Gasteiger partial charge on any atom is -0.394 e. The van der Waals surface area contributed by atoms with Crippen molar-refractivity contribution < 1.29 is 109 Å². The summed E-state index contributed by atoms with van der Waals surface area (Å²) >= 11 is 0. The zero-order valence-corrected chi connectivity index (χ0v) is 44.3. The highest BCUT2D eigenvalue weighted by atomic mass is 16.8. The van der Waals surface area contributed by atoms with E-state index in [4.69, 9.17) is 37.9 Å². The van der Waals surface area contributed by atoms with E-state index < -0.39 is 166 Å². The summed E-state index contributed by atoms with van der Waals surface area (Å²) in [5.74, 6) is -0.0667. The monoisotopic (exact) mass is 1080 g/mol. The molecule has 0 aromatic rings. The minimum absolute atomic E-state index is 0.0104. The summed E-state index contributed by atoms with van der Waals surface area (Å²) in [5.41, 5.74) is -0.891. The third-order valence-electron chi connectivity index (χ3n) is 20.2. The molecule has 4 heterocycles. The maximum absolute atomic E-state index is 14.1. The molecule has 8 aliphatic rings. The lowest BCUT2D eigenvalue weighted by Crippen LogP contribution is -2.67. The van der Waals surface area contributed by atoms with Crippen LogP contribution in [0, 0.1) is 45.3 Å². The van der Waals surface area contributed by atoms with Crippen molar-refractivity contribution in [2.45, 2.75) is 248 Å². The predicted molar refractivity (Wildman–Crippen MR) is 259 cm³/mol. The molecule has 0 unspecified atom stereocenters. The fraction of sp³-hybridized carbons (Fsp3) is 0.943. The van der Waals surface area contributed by atoms with Gasteiger partial charge in [-0.2, -0.15) is 0 Å². The standard InChI is InChI=1S/C53H88O22/c1-23(2)9-8-10-27(70-47-43(66)40(63)37(60)30(73-47)21-68-46-42(65)38(61)34(57)24(3)69-46)25-13-16-51(6)26(25)11-12-32-52(51,7)17-14-31-50(4,5)33(15-18-53(31,32)22-56)74-49-45(41(64)36(59)29(20-55)72-49)75-48-44(67)39(62)35(58)28(19-54)71-48/h9,22,24-49,54-55,57-67H,8,10-21H2,1-7H3/t24-,25-,26+,27+,28+,29+,30-,31+,32-,33-,34-,35+,36+,37-,38+,39-,40+,41+,42+,43-,44+,45+,46-,47+,48-,49-,51-,52-,53+/m0/s1. The first-order valence-electron chi connectivity index (χ1n) is 27.3. The van der Waals surface area contributed by atoms with Gasteiger partial charge in [-0.05, 0) is 125 Å². The highest BCUT2D eigenvalue weighted by Gasteiger charge is 2.71. The van der Waals surface area contributed by atoms with Crippen molar-refractivity contribution in [3.05, 3.63) is 11.6 Å². The molecule has 4 saturated heterocycles. The van der Waals surface area contributed by atoms with Crippen molar-refractivity contribution in [2.24, 2.45) is 45.3 Å². The topological polar surface area (TPSA) is 354 Å². The molecule has 4 saturated carbocycles. The molecular weight excluding hydrogens is 989 g/mol. The van der Waals surface area contributed by atoms with Crippen LogP contribution in [0.15, 0.2) is 11.6 Å². The zero-order chi connectivity index (χ0) is 54.9. The lowest BCUT2D eigenvalue weighted by Gasteiger charge is -2.69. The SMILES string of the molecule is CC(C)=CCC[C@@H](O[C@@H]1O[C@@H](CO[C@H]2O[C@@H](C)[C@H](O)[C@@H](O)[C@H]2O)[C@H](O)[C@@H](O)[C@@H]1O)[C@H]1CC[C@@]2(C)[C@@H]1CC[C@@H]1[C@@]3(C=O)CC[C@H](O[C@@H]4O[C@H](CO)[C@@H](O)[C@@H](O)[C@H]4O[C@@H]4O[C@H](CO)[C@@H](O)[C@H](O)[C@H]4O)C(C)(C)[C@H]3CC[C@@]12C. The Morgan fingerprint density at radius 2 is 1.16 bits per heavy atom. The maximum atomic E-state index is 14.1. The van der Waals surface area contributed by atoms with Gasteiger partial charge in [0.1, 0.15) is 97.8 Å². The van der Waals surface area contributed by atoms with Gasteiger partial charge in [0, 0.05) is 5.41 Å². The summed E-state index contributed by atoms with van der Waals surface area (Å²) in [7, 11) is 0. The number of ether oxygens (including phenoxy) is 8. The summed E-state index contributed by atoms with van der Waals surface area (Å²) in [6, 6.07) is 0. The lowest BCUT2D eigenvalue weighted by molar-refractivity contribution is -0.378. The molecule has 0 spiro atoms. The van der Waals surface area contributed by atoms with Gasteiger partial charge in [-0.15, -0.1) is 0 Å². The molecule has 432 valence electrons. The Labute approximate surface area is 438 Å². The molecule has 8 fully saturated rings. The summed E-state index contributed by atoms with van der Waals surface area (Å²) in [4.78, 5) is 14.1. The number of allylic oxidation sites excluding steroid dienone is 2. The first-order valence-corrected chi connectivity index (χ1v) is 27.3. The molecule has 22 nitrogen and oxygen atoms in total. The second-order valence-corrected chi connectivity index (χ2v) is 24.6. The Bertz CT molecular complexity index is 1940. The molecule has 0 aromatic carbocycles. The number of rotatable bonds is 16. The summed E-state index contributed by atoms with van der Waals surface area (Å²) in [6.07, 6.45) is -21.3. The van der Waals surface area contributed by atoms with Crippen LogP contribution in [0.5, 0.6) is 0 Å². The molecule has 4 aliphatic carbocycles. The largest absolute Gasteiger partial charge is 0.394 e. The normalized spacial score (nSPS) is 52.2. The molecule has 22 heteroatoms. The third-order valence-corrected chi connectivity index (χ3v) is 20.2. The molecule has 75 heavy (non-hydrogen) atoms. The van der Waals surface area contributed by atoms with Crippen molar-refractivity contribution >= 4 is 6.29 Å². The molecule has 13 N–H and O–H groups in total. The number of hydrogen-bond donors (Lipinski definition) is 13. The van der Waals surface area contributed by atoms with Crippen molar-refractivity contribution in [2.75, 3.05) is 19.8 Å². The summed E-state index contributed by atoms with van der Waals surface area (Å²) in [6.45, 7) is 12.5. The minimum atomic E-state index is -1.83. The Morgan fingerprint density at radius 1 is 0.587 bits per heavy atom. The molecule has 8 rings (SSSR count). The van der Waals surface area contributed by atoms with Crippen molar-refractivity contribution in [3.8, 4) is 0 Å². The Kier molecular flexibility index (Phi) is 18.5. The van der Waals surface area contributed by atoms with Gasteiger partial charge in [0.2, 0.25) is 0 Å². The number of aliphatic hydroxyl groups is 13. The number of carbonyl (C=O) groups is 1. The molecular formula is C53H88O22. The van der Waals surface area contributed by atoms with Crippen LogP contribution in [0.1, 0.15) is 113 Å². The Morgan fingerprint density at radius 3 is 1.80 bits per heavy atom. The van der Waals surface area contributed by atoms with Gasteiger partial charge in [-0.25, -0.2) is 0 Å². The van der Waals surface area contributed by atoms with E-state index in [0.717, 1.165) is 37.7 Å². The molecule has 0 bridgehead atoms. The van der Waals surface area contributed by atoms with Gasteiger partial charge in [0.25, 0.3) is 0 Å². The van der Waals surface area contributed by atoms with E-state index in [9.17, 15) is 71.2 Å². The molecule has 4 aliphatic heterocycles. The van der Waals surface area contributed by atoms with Crippen LogP contribution in [0.25, 0.3) is 0 Å². The first-order chi connectivity index (χ1) is 35.3. The third kappa shape index (κ3) is 10.6. The first kappa shape index (κ1) is 59.7. The second-order valence-electron chi connectivity index (χ2n) is 24.6. The number of carbonyl (C=O) groups excluding carboxylic acids is 1. The van der Waals surface area contributed by atoms with Gasteiger partial charge in [-0.1, -0.05) is 39.3 Å². The highest BCUT2D eigenvalue weighted by molar-refractivity contribution is 5.62. The van der Waals surface area contributed by atoms with E-state index in [1.165, 1.54) is 13.2 Å². The van der Waals surface area contributed by atoms with E-state index in [1.807, 2.05) is 13.8 Å². The summed E-state index contributed by atoms with van der Waals surface area (Å²) < 4.78 is 48.7. The van der Waals surface area contributed by atoms with Crippen LogP contribution in [0.4, 0.5) is 0 Å². The number of fused-ring (bicyclic) bond motifs is 5. The fourth-order valence-electron chi connectivity index (χ4n) is 15.6. The zero-order valence-electron chi connectivity index (χ0n) is 44.3. The predicted octanol–water partition coefficient (Wildman–Crippen LogP) is -1.36. The van der Waals surface area contributed by atoms with Gasteiger partial charge >= 0.3 is 0 Å². The highest BCUT2D eigenvalue weighted by Crippen LogP contribution is 2.75. The quantitative estimate of drug-likeness (QED) is 0.0482. The average molecular weight is 1080 g/mol. The van der Waals surface area contributed by atoms with Crippen LogP contribution in [-0.4, -0.2) is 228 Å². The van der Waals surface area contributed by atoms with Crippen LogP contribution < -0.4 is 0 Å². The van der Waals surface area contributed by atoms with E-state index in [-0.39, 0.29) is 34.5 Å². The molecule has 0 amide bonds. The van der Waals surface area contributed by atoms with Gasteiger partial charge in [0.05, 0.1) is 38.1 Å². The van der Waals surface area contributed by atoms with Crippen LogP contribution in [0.2, 0.25) is 0 Å². The van der Waals surface area contributed by atoms with Crippen LogP contribution in [-0.2, 0) is 42.7 Å². The fourth-order valence-corrected chi connectivity index (χ4v) is 15.6. The number of aliphatic hydroxyl groups excluding tert-OH is 13. The second kappa shape index (κ2) is 23.2. The lowest BCUT2D eigenvalue weighted by atomic mass is 9.35. The Balaban J connectivity index is 0.993. The van der Waals surface area contributed by atoms with Crippen LogP contribution >= 0.6 is 0 Å². The molecule has 0 radical (unpaired) electrons. The molecule has 29 atom stereocenters. The molecule has 0 aromatic heterocycles. The van der Waals surface area contributed by atoms with Crippen molar-refractivity contribution in [1.29, 1.82) is 0 Å².